The Kier molecular flexibility index (Phi) is 3.91. The lowest BCUT2D eigenvalue weighted by molar-refractivity contribution is 0.628. The third-order valence-electron chi connectivity index (χ3n) is 4.57. The Bertz CT molecular complexity index is 1120. The summed E-state index contributed by atoms with van der Waals surface area (Å²) >= 11 is 0. The molecule has 0 aliphatic carbocycles. The number of hydrogen-bond donors (Lipinski definition) is 2. The van der Waals surface area contributed by atoms with Crippen LogP contribution in [0.15, 0.2) is 41.2 Å². The van der Waals surface area contributed by atoms with Crippen molar-refractivity contribution in [2.24, 2.45) is 0 Å². The molecule has 0 atom stereocenters. The van der Waals surface area contributed by atoms with E-state index in [2.05, 4.69) is 20.3 Å². The van der Waals surface area contributed by atoms with Gasteiger partial charge in [0.25, 0.3) is 5.56 Å². The van der Waals surface area contributed by atoms with Crippen LogP contribution in [0.4, 0.5) is 4.39 Å². The van der Waals surface area contributed by atoms with Gasteiger partial charge in [-0.25, -0.2) is 13.9 Å². The van der Waals surface area contributed by atoms with Crippen molar-refractivity contribution >= 4 is 5.65 Å². The molecule has 0 aliphatic heterocycles. The summed E-state index contributed by atoms with van der Waals surface area (Å²) < 4.78 is 14.5. The minimum absolute atomic E-state index is 0.168. The minimum atomic E-state index is -0.299. The van der Waals surface area contributed by atoms with Crippen LogP contribution in [0.1, 0.15) is 22.6 Å². The number of rotatable bonds is 4. The predicted octanol–water partition coefficient (Wildman–Crippen LogP) is 2.95. The summed E-state index contributed by atoms with van der Waals surface area (Å²) in [5.74, 6) is -0.299. The van der Waals surface area contributed by atoms with Crippen LogP contribution in [0, 0.1) is 19.7 Å². The van der Waals surface area contributed by atoms with E-state index in [0.717, 1.165) is 34.6 Å². The minimum Gasteiger partial charge on any atom is -0.289 e. The van der Waals surface area contributed by atoms with Crippen LogP contribution < -0.4 is 5.56 Å². The lowest BCUT2D eigenvalue weighted by Gasteiger charge is -2.02. The summed E-state index contributed by atoms with van der Waals surface area (Å²) in [6, 6.07) is 9.44. The maximum Gasteiger partial charge on any atom is 0.272 e. The molecule has 0 unspecified atom stereocenters. The highest BCUT2D eigenvalue weighted by Gasteiger charge is 2.11. The third-order valence-corrected chi connectivity index (χ3v) is 4.57. The van der Waals surface area contributed by atoms with Crippen molar-refractivity contribution in [1.82, 2.24) is 24.8 Å². The van der Waals surface area contributed by atoms with E-state index < -0.39 is 0 Å². The first-order valence-corrected chi connectivity index (χ1v) is 8.39. The number of aromatic amines is 2. The fourth-order valence-corrected chi connectivity index (χ4v) is 3.14. The second-order valence-electron chi connectivity index (χ2n) is 6.37. The van der Waals surface area contributed by atoms with E-state index in [1.54, 1.807) is 24.3 Å². The molecule has 6 nitrogen and oxygen atoms in total. The molecule has 132 valence electrons. The van der Waals surface area contributed by atoms with Gasteiger partial charge >= 0.3 is 0 Å². The van der Waals surface area contributed by atoms with Crippen molar-refractivity contribution in [1.29, 1.82) is 0 Å². The van der Waals surface area contributed by atoms with Crippen molar-refractivity contribution in [2.45, 2.75) is 26.7 Å². The molecule has 3 aromatic heterocycles. The third kappa shape index (κ3) is 2.92. The molecule has 3 heterocycles. The van der Waals surface area contributed by atoms with E-state index in [-0.39, 0.29) is 11.4 Å². The monoisotopic (exact) mass is 351 g/mol. The fraction of sp³-hybridized carbons (Fsp3) is 0.211. The highest BCUT2D eigenvalue weighted by Crippen LogP contribution is 2.19. The molecule has 0 saturated carbocycles. The topological polar surface area (TPSA) is 78.8 Å². The summed E-state index contributed by atoms with van der Waals surface area (Å²) in [4.78, 5) is 17.0. The highest BCUT2D eigenvalue weighted by atomic mass is 19.1. The number of aryl methyl sites for hydroxylation is 3. The van der Waals surface area contributed by atoms with Crippen molar-refractivity contribution in [3.05, 3.63) is 75.2 Å². The molecule has 4 aromatic rings. The van der Waals surface area contributed by atoms with Gasteiger partial charge in [0.2, 0.25) is 0 Å². The van der Waals surface area contributed by atoms with Crippen LogP contribution in [0.5, 0.6) is 0 Å². The molecule has 1 aromatic carbocycles. The quantitative estimate of drug-likeness (QED) is 0.593. The van der Waals surface area contributed by atoms with Crippen molar-refractivity contribution in [3.8, 4) is 11.3 Å². The normalized spacial score (nSPS) is 11.3. The molecule has 0 bridgehead atoms. The Hall–Kier alpha value is -3.22. The number of nitrogens with one attached hydrogen (secondary N) is 2. The van der Waals surface area contributed by atoms with Gasteiger partial charge in [0.1, 0.15) is 5.82 Å². The zero-order chi connectivity index (χ0) is 18.3. The van der Waals surface area contributed by atoms with Gasteiger partial charge in [-0.15, -0.1) is 0 Å². The van der Waals surface area contributed by atoms with Crippen LogP contribution in [0.3, 0.4) is 0 Å². The zero-order valence-electron chi connectivity index (χ0n) is 14.5. The Morgan fingerprint density at radius 3 is 2.58 bits per heavy atom. The lowest BCUT2D eigenvalue weighted by Crippen LogP contribution is -2.15. The fourth-order valence-electron chi connectivity index (χ4n) is 3.14. The number of nitrogens with zero attached hydrogens (tertiary/aromatic N) is 3. The van der Waals surface area contributed by atoms with E-state index in [1.807, 2.05) is 13.8 Å². The van der Waals surface area contributed by atoms with Gasteiger partial charge < -0.3 is 0 Å². The van der Waals surface area contributed by atoms with E-state index in [0.29, 0.717) is 17.8 Å². The molecule has 0 saturated heterocycles. The summed E-state index contributed by atoms with van der Waals surface area (Å²) in [6.45, 7) is 3.95. The molecular formula is C19H18FN5O. The first kappa shape index (κ1) is 16.3. The SMILES string of the molecule is Cc1n[nH]c(C)c1CCc1cc(=O)n2[nH]c(-c3ccc(F)cc3)cc2n1. The Balaban J connectivity index is 1.65. The van der Waals surface area contributed by atoms with E-state index in [1.165, 1.54) is 16.6 Å². The molecule has 26 heavy (non-hydrogen) atoms. The van der Waals surface area contributed by atoms with Gasteiger partial charge in [-0.1, -0.05) is 0 Å². The summed E-state index contributed by atoms with van der Waals surface area (Å²) in [7, 11) is 0. The maximum atomic E-state index is 13.1. The van der Waals surface area contributed by atoms with Crippen molar-refractivity contribution < 1.29 is 4.39 Å². The Labute approximate surface area is 148 Å². The van der Waals surface area contributed by atoms with E-state index in [4.69, 9.17) is 0 Å². The first-order valence-electron chi connectivity index (χ1n) is 8.39. The summed E-state index contributed by atoms with van der Waals surface area (Å²) in [5.41, 5.74) is 5.80. The first-order chi connectivity index (χ1) is 12.5. The standard InChI is InChI=1S/C19H18FN5O/c1-11-16(12(2)23-22-11)8-7-15-9-19(26)25-18(21-15)10-17(24-25)13-3-5-14(20)6-4-13/h3-6,9-10,24H,7-8H2,1-2H3,(H,22,23). The number of aromatic nitrogens is 5. The molecule has 0 radical (unpaired) electrons. The van der Waals surface area contributed by atoms with Crippen LogP contribution in [0.25, 0.3) is 16.9 Å². The van der Waals surface area contributed by atoms with Crippen molar-refractivity contribution in [2.75, 3.05) is 0 Å². The molecule has 0 aliphatic rings. The van der Waals surface area contributed by atoms with Crippen molar-refractivity contribution in [3.63, 3.8) is 0 Å². The van der Waals surface area contributed by atoms with Crippen LogP contribution in [0.2, 0.25) is 0 Å². The second kappa shape index (κ2) is 6.25. The molecule has 0 amide bonds. The summed E-state index contributed by atoms with van der Waals surface area (Å²) in [5, 5.41) is 10.2. The Morgan fingerprint density at radius 2 is 1.88 bits per heavy atom. The van der Waals surface area contributed by atoms with E-state index in [9.17, 15) is 9.18 Å². The second-order valence-corrected chi connectivity index (χ2v) is 6.37. The van der Waals surface area contributed by atoms with Crippen LogP contribution >= 0.6 is 0 Å². The van der Waals surface area contributed by atoms with Gasteiger partial charge in [-0.05, 0) is 62.1 Å². The van der Waals surface area contributed by atoms with Crippen LogP contribution in [-0.4, -0.2) is 24.8 Å². The number of benzene rings is 1. The molecule has 0 spiro atoms. The molecule has 2 N–H and O–H groups in total. The average molecular weight is 351 g/mol. The molecule has 4 rings (SSSR count). The largest absolute Gasteiger partial charge is 0.289 e. The van der Waals surface area contributed by atoms with Gasteiger partial charge in [-0.3, -0.25) is 15.0 Å². The number of fused-ring (bicyclic) bond motifs is 1. The average Bonchev–Trinajstić information content (AvgIpc) is 3.18. The van der Waals surface area contributed by atoms with Crippen LogP contribution in [-0.2, 0) is 12.8 Å². The molecule has 7 heteroatoms. The summed E-state index contributed by atoms with van der Waals surface area (Å²) in [6.07, 6.45) is 1.43. The van der Waals surface area contributed by atoms with Gasteiger partial charge in [0.15, 0.2) is 5.65 Å². The zero-order valence-corrected chi connectivity index (χ0v) is 14.5. The Morgan fingerprint density at radius 1 is 1.12 bits per heavy atom. The van der Waals surface area contributed by atoms with Gasteiger partial charge in [0, 0.05) is 23.5 Å². The predicted molar refractivity (Wildman–Crippen MR) is 96.7 cm³/mol. The molecular weight excluding hydrogens is 333 g/mol. The number of H-pyrrole nitrogens is 2. The van der Waals surface area contributed by atoms with E-state index >= 15 is 0 Å². The number of halogens is 1. The van der Waals surface area contributed by atoms with Gasteiger partial charge in [0.05, 0.1) is 11.4 Å². The van der Waals surface area contributed by atoms with Gasteiger partial charge in [-0.2, -0.15) is 5.10 Å². The number of hydrogen-bond acceptors (Lipinski definition) is 3. The molecule has 0 fully saturated rings. The lowest BCUT2D eigenvalue weighted by atomic mass is 10.1. The smallest absolute Gasteiger partial charge is 0.272 e. The highest BCUT2D eigenvalue weighted by molar-refractivity contribution is 5.63. The maximum absolute atomic E-state index is 13.1.